The van der Waals surface area contributed by atoms with E-state index >= 15 is 0 Å². The molecule has 0 radical (unpaired) electrons. The van der Waals surface area contributed by atoms with Crippen LogP contribution in [0.2, 0.25) is 0 Å². The minimum Gasteiger partial charge on any atom is -0.478 e. The van der Waals surface area contributed by atoms with E-state index < -0.39 is 33.5 Å². The largest absolute Gasteiger partial charge is 0.478 e. The fourth-order valence-corrected chi connectivity index (χ4v) is 3.66. The summed E-state index contributed by atoms with van der Waals surface area (Å²) in [5.74, 6) is -2.52. The summed E-state index contributed by atoms with van der Waals surface area (Å²) in [5, 5.41) is 18.3. The predicted molar refractivity (Wildman–Crippen MR) is 67.4 cm³/mol. The highest BCUT2D eigenvalue weighted by atomic mass is 32.2. The lowest BCUT2D eigenvalue weighted by Gasteiger charge is -2.29. The highest BCUT2D eigenvalue weighted by Gasteiger charge is 2.30. The molecule has 0 amide bonds. The quantitative estimate of drug-likeness (QED) is 0.856. The summed E-state index contributed by atoms with van der Waals surface area (Å²) in [4.78, 5) is 10.6. The van der Waals surface area contributed by atoms with E-state index in [9.17, 15) is 22.7 Å². The first-order chi connectivity index (χ1) is 9.32. The maximum atomic E-state index is 13.3. The van der Waals surface area contributed by atoms with Gasteiger partial charge in [-0.3, -0.25) is 0 Å². The van der Waals surface area contributed by atoms with Crippen LogP contribution in [-0.4, -0.2) is 48.1 Å². The lowest BCUT2D eigenvalue weighted by Crippen LogP contribution is -2.42. The Morgan fingerprint density at radius 1 is 1.40 bits per heavy atom. The third-order valence-corrected chi connectivity index (χ3v) is 5.03. The second-order valence-electron chi connectivity index (χ2n) is 4.61. The van der Waals surface area contributed by atoms with E-state index in [2.05, 4.69) is 0 Å². The minimum absolute atomic E-state index is 0.0396. The second kappa shape index (κ2) is 5.47. The van der Waals surface area contributed by atoms with E-state index in [1.165, 1.54) is 0 Å². The van der Waals surface area contributed by atoms with Crippen LogP contribution in [0.5, 0.6) is 0 Å². The Hall–Kier alpha value is -1.51. The SMILES string of the molecule is O=C(O)c1cc(S(=O)(=O)N2CCCC(O)C2)ccc1F. The van der Waals surface area contributed by atoms with Crippen molar-refractivity contribution in [2.75, 3.05) is 13.1 Å². The van der Waals surface area contributed by atoms with Gasteiger partial charge in [-0.2, -0.15) is 4.31 Å². The highest BCUT2D eigenvalue weighted by molar-refractivity contribution is 7.89. The molecule has 110 valence electrons. The van der Waals surface area contributed by atoms with Gasteiger partial charge in [-0.15, -0.1) is 0 Å². The Bertz CT molecular complexity index is 631. The van der Waals surface area contributed by atoms with Gasteiger partial charge in [-0.05, 0) is 31.0 Å². The first-order valence-electron chi connectivity index (χ1n) is 6.03. The number of aliphatic hydroxyl groups is 1. The van der Waals surface area contributed by atoms with Gasteiger partial charge in [-0.1, -0.05) is 0 Å². The number of piperidine rings is 1. The molecular formula is C12H14FNO5S. The highest BCUT2D eigenvalue weighted by Crippen LogP contribution is 2.22. The van der Waals surface area contributed by atoms with Crippen LogP contribution >= 0.6 is 0 Å². The number of benzene rings is 1. The van der Waals surface area contributed by atoms with E-state index in [-0.39, 0.29) is 18.0 Å². The molecule has 1 aliphatic rings. The zero-order valence-electron chi connectivity index (χ0n) is 10.5. The van der Waals surface area contributed by atoms with Crippen LogP contribution < -0.4 is 0 Å². The van der Waals surface area contributed by atoms with Crippen LogP contribution in [-0.2, 0) is 10.0 Å². The number of aliphatic hydroxyl groups excluding tert-OH is 1. The van der Waals surface area contributed by atoms with Crippen LogP contribution in [0.25, 0.3) is 0 Å². The summed E-state index contributed by atoms with van der Waals surface area (Å²) >= 11 is 0. The summed E-state index contributed by atoms with van der Waals surface area (Å²) in [7, 11) is -3.92. The fourth-order valence-electron chi connectivity index (χ4n) is 2.12. The fraction of sp³-hybridized carbons (Fsp3) is 0.417. The molecule has 1 aliphatic heterocycles. The molecule has 1 unspecified atom stereocenters. The maximum absolute atomic E-state index is 13.3. The molecule has 20 heavy (non-hydrogen) atoms. The molecule has 0 aliphatic carbocycles. The van der Waals surface area contributed by atoms with Gasteiger partial charge in [0.2, 0.25) is 10.0 Å². The molecule has 1 atom stereocenters. The summed E-state index contributed by atoms with van der Waals surface area (Å²) in [5.41, 5.74) is -0.691. The van der Waals surface area contributed by atoms with Gasteiger partial charge in [0.05, 0.1) is 16.6 Å². The van der Waals surface area contributed by atoms with Gasteiger partial charge in [0.1, 0.15) is 5.82 Å². The number of carboxylic acid groups (broad SMARTS) is 1. The predicted octanol–water partition coefficient (Wildman–Crippen LogP) is 0.669. The van der Waals surface area contributed by atoms with Gasteiger partial charge in [-0.25, -0.2) is 17.6 Å². The number of halogens is 1. The Balaban J connectivity index is 2.39. The first kappa shape index (κ1) is 14.9. The molecule has 0 aromatic heterocycles. The van der Waals surface area contributed by atoms with E-state index in [4.69, 9.17) is 5.11 Å². The molecular weight excluding hydrogens is 289 g/mol. The van der Waals surface area contributed by atoms with Crippen molar-refractivity contribution in [3.63, 3.8) is 0 Å². The van der Waals surface area contributed by atoms with E-state index in [1.54, 1.807) is 0 Å². The normalized spacial score (nSPS) is 20.8. The molecule has 1 aromatic carbocycles. The molecule has 2 rings (SSSR count). The zero-order chi connectivity index (χ0) is 14.9. The Labute approximate surface area is 115 Å². The van der Waals surface area contributed by atoms with E-state index in [1.807, 2.05) is 0 Å². The molecule has 8 heteroatoms. The topological polar surface area (TPSA) is 94.9 Å². The molecule has 1 aromatic rings. The third-order valence-electron chi connectivity index (χ3n) is 3.17. The van der Waals surface area contributed by atoms with Crippen molar-refractivity contribution in [2.45, 2.75) is 23.8 Å². The van der Waals surface area contributed by atoms with Gasteiger partial charge in [0.25, 0.3) is 0 Å². The van der Waals surface area contributed by atoms with Crippen molar-refractivity contribution >= 4 is 16.0 Å². The van der Waals surface area contributed by atoms with E-state index in [0.717, 1.165) is 22.5 Å². The monoisotopic (exact) mass is 303 g/mol. The van der Waals surface area contributed by atoms with Gasteiger partial charge >= 0.3 is 5.97 Å². The van der Waals surface area contributed by atoms with E-state index in [0.29, 0.717) is 12.8 Å². The van der Waals surface area contributed by atoms with Crippen molar-refractivity contribution in [1.29, 1.82) is 0 Å². The molecule has 6 nitrogen and oxygen atoms in total. The summed E-state index contributed by atoms with van der Waals surface area (Å²) in [6.07, 6.45) is 0.307. The summed E-state index contributed by atoms with van der Waals surface area (Å²) < 4.78 is 39.0. The van der Waals surface area contributed by atoms with Crippen molar-refractivity contribution in [3.05, 3.63) is 29.6 Å². The lowest BCUT2D eigenvalue weighted by atomic mass is 10.1. The van der Waals surface area contributed by atoms with Crippen LogP contribution in [0, 0.1) is 5.82 Å². The number of nitrogens with zero attached hydrogens (tertiary/aromatic N) is 1. The number of hydrogen-bond donors (Lipinski definition) is 2. The molecule has 2 N–H and O–H groups in total. The van der Waals surface area contributed by atoms with Gasteiger partial charge in [0.15, 0.2) is 0 Å². The summed E-state index contributed by atoms with van der Waals surface area (Å²) in [6.45, 7) is 0.210. The Morgan fingerprint density at radius 3 is 2.70 bits per heavy atom. The number of carbonyl (C=O) groups is 1. The number of rotatable bonds is 3. The van der Waals surface area contributed by atoms with Gasteiger partial charge in [0, 0.05) is 13.1 Å². The number of carboxylic acids is 1. The number of aromatic carboxylic acids is 1. The smallest absolute Gasteiger partial charge is 0.338 e. The molecule has 1 fully saturated rings. The minimum atomic E-state index is -3.92. The van der Waals surface area contributed by atoms with Crippen molar-refractivity contribution in [2.24, 2.45) is 0 Å². The molecule has 0 spiro atoms. The standard InChI is InChI=1S/C12H14FNO5S/c13-11-4-3-9(6-10(11)12(16)17)20(18,19)14-5-1-2-8(15)7-14/h3-4,6,8,15H,1-2,5,7H2,(H,16,17). The van der Waals surface area contributed by atoms with Crippen LogP contribution in [0.1, 0.15) is 23.2 Å². The molecule has 0 saturated carbocycles. The van der Waals surface area contributed by atoms with Crippen LogP contribution in [0.15, 0.2) is 23.1 Å². The van der Waals surface area contributed by atoms with Crippen molar-refractivity contribution in [3.8, 4) is 0 Å². The number of sulfonamides is 1. The maximum Gasteiger partial charge on any atom is 0.338 e. The summed E-state index contributed by atoms with van der Waals surface area (Å²) in [6, 6.07) is 2.64. The molecule has 0 bridgehead atoms. The van der Waals surface area contributed by atoms with Crippen molar-refractivity contribution < 1.29 is 27.8 Å². The Morgan fingerprint density at radius 2 is 2.10 bits per heavy atom. The second-order valence-corrected chi connectivity index (χ2v) is 6.54. The van der Waals surface area contributed by atoms with Crippen LogP contribution in [0.3, 0.4) is 0 Å². The average molecular weight is 303 g/mol. The first-order valence-corrected chi connectivity index (χ1v) is 7.47. The average Bonchev–Trinajstić information content (AvgIpc) is 2.38. The number of β-amino-alcohol motifs (C(OH)–C–C–N with tert-alkyl or cyclic N) is 1. The zero-order valence-corrected chi connectivity index (χ0v) is 11.3. The molecule has 1 heterocycles. The lowest BCUT2D eigenvalue weighted by molar-refractivity contribution is 0.0691. The number of hydrogen-bond acceptors (Lipinski definition) is 4. The molecule has 1 saturated heterocycles. The Kier molecular flexibility index (Phi) is 4.07. The van der Waals surface area contributed by atoms with Gasteiger partial charge < -0.3 is 10.2 Å². The third kappa shape index (κ3) is 2.82. The van der Waals surface area contributed by atoms with Crippen LogP contribution in [0.4, 0.5) is 4.39 Å². The van der Waals surface area contributed by atoms with Crippen molar-refractivity contribution in [1.82, 2.24) is 4.31 Å².